The minimum atomic E-state index is -0.462. The lowest BCUT2D eigenvalue weighted by atomic mass is 10.2. The van der Waals surface area contributed by atoms with Gasteiger partial charge in [-0.2, -0.15) is 11.8 Å². The summed E-state index contributed by atoms with van der Waals surface area (Å²) in [6, 6.07) is 4.97. The number of rotatable bonds is 3. The van der Waals surface area contributed by atoms with Crippen molar-refractivity contribution in [3.63, 3.8) is 0 Å². The SMILES string of the molecule is NC[C@H]1CN(c2ccc(N3CCCSCCC3)c(F)c2)C(=O)O1. The Morgan fingerprint density at radius 2 is 2.04 bits per heavy atom. The van der Waals surface area contributed by atoms with E-state index in [2.05, 4.69) is 4.90 Å². The second-order valence-electron chi connectivity index (χ2n) is 5.79. The molecule has 0 radical (unpaired) electrons. The Kier molecular flexibility index (Phi) is 5.27. The predicted octanol–water partition coefficient (Wildman–Crippen LogP) is 2.44. The van der Waals surface area contributed by atoms with Gasteiger partial charge in [-0.25, -0.2) is 9.18 Å². The van der Waals surface area contributed by atoms with Crippen LogP contribution < -0.4 is 15.5 Å². The Morgan fingerprint density at radius 1 is 1.30 bits per heavy atom. The zero-order chi connectivity index (χ0) is 16.2. The number of nitrogens with zero attached hydrogens (tertiary/aromatic N) is 2. The van der Waals surface area contributed by atoms with E-state index in [1.165, 1.54) is 11.0 Å². The molecule has 2 heterocycles. The van der Waals surface area contributed by atoms with Crippen LogP contribution in [0, 0.1) is 5.82 Å². The Balaban J connectivity index is 1.76. The maximum Gasteiger partial charge on any atom is 0.414 e. The maximum atomic E-state index is 14.6. The van der Waals surface area contributed by atoms with Crippen molar-refractivity contribution >= 4 is 29.2 Å². The molecule has 2 N–H and O–H groups in total. The van der Waals surface area contributed by atoms with Crippen molar-refractivity contribution in [2.45, 2.75) is 18.9 Å². The van der Waals surface area contributed by atoms with Gasteiger partial charge in [0.25, 0.3) is 0 Å². The van der Waals surface area contributed by atoms with Crippen LogP contribution in [0.3, 0.4) is 0 Å². The van der Waals surface area contributed by atoms with Crippen LogP contribution in [0.25, 0.3) is 0 Å². The summed E-state index contributed by atoms with van der Waals surface area (Å²) in [5.74, 6) is 1.95. The van der Waals surface area contributed by atoms with Crippen molar-refractivity contribution in [3.8, 4) is 0 Å². The first-order chi connectivity index (χ1) is 11.2. The largest absolute Gasteiger partial charge is 0.443 e. The molecule has 23 heavy (non-hydrogen) atoms. The van der Waals surface area contributed by atoms with Gasteiger partial charge in [0.1, 0.15) is 11.9 Å². The van der Waals surface area contributed by atoms with Gasteiger partial charge in [0, 0.05) is 19.6 Å². The molecule has 0 saturated carbocycles. The van der Waals surface area contributed by atoms with E-state index in [0.717, 1.165) is 37.4 Å². The molecule has 126 valence electrons. The van der Waals surface area contributed by atoms with E-state index in [0.29, 0.717) is 17.9 Å². The molecule has 1 aromatic rings. The fourth-order valence-electron chi connectivity index (χ4n) is 2.94. The Labute approximate surface area is 139 Å². The Bertz CT molecular complexity index is 564. The minimum Gasteiger partial charge on any atom is -0.443 e. The molecule has 2 saturated heterocycles. The molecule has 0 aromatic heterocycles. The van der Waals surface area contributed by atoms with E-state index in [9.17, 15) is 9.18 Å². The van der Waals surface area contributed by atoms with E-state index in [1.807, 2.05) is 11.8 Å². The number of hydrogen-bond donors (Lipinski definition) is 1. The molecule has 2 aliphatic heterocycles. The second kappa shape index (κ2) is 7.40. The van der Waals surface area contributed by atoms with Crippen molar-refractivity contribution in [1.82, 2.24) is 0 Å². The zero-order valence-electron chi connectivity index (χ0n) is 13.0. The molecule has 3 rings (SSSR count). The zero-order valence-corrected chi connectivity index (χ0v) is 13.9. The van der Waals surface area contributed by atoms with Crippen LogP contribution in [0.2, 0.25) is 0 Å². The quantitative estimate of drug-likeness (QED) is 0.917. The molecule has 1 amide bonds. The van der Waals surface area contributed by atoms with Crippen LogP contribution in [0.4, 0.5) is 20.6 Å². The van der Waals surface area contributed by atoms with Crippen LogP contribution in [0.5, 0.6) is 0 Å². The highest BCUT2D eigenvalue weighted by Gasteiger charge is 2.31. The van der Waals surface area contributed by atoms with Crippen LogP contribution in [-0.2, 0) is 4.74 Å². The number of amides is 1. The number of halogens is 1. The molecular weight excluding hydrogens is 317 g/mol. The molecule has 7 heteroatoms. The number of benzene rings is 1. The van der Waals surface area contributed by atoms with E-state index in [4.69, 9.17) is 10.5 Å². The van der Waals surface area contributed by atoms with Gasteiger partial charge in [0.2, 0.25) is 0 Å². The fraction of sp³-hybridized carbons (Fsp3) is 0.562. The van der Waals surface area contributed by atoms with Gasteiger partial charge in [-0.05, 0) is 42.5 Å². The number of carbonyl (C=O) groups excluding carboxylic acids is 1. The van der Waals surface area contributed by atoms with Crippen molar-refractivity contribution in [1.29, 1.82) is 0 Å². The van der Waals surface area contributed by atoms with Gasteiger partial charge in [0.05, 0.1) is 17.9 Å². The summed E-state index contributed by atoms with van der Waals surface area (Å²) in [6.07, 6.45) is 1.33. The highest BCUT2D eigenvalue weighted by Crippen LogP contribution is 2.28. The van der Waals surface area contributed by atoms with Crippen LogP contribution in [0.15, 0.2) is 18.2 Å². The standard InChI is InChI=1S/C16H22FN3O2S/c17-14-9-12(20-11-13(10-18)22-16(20)21)3-4-15(14)19-5-1-7-23-8-2-6-19/h3-4,9,13H,1-2,5-8,10-11,18H2/t13-/m0/s1. The van der Waals surface area contributed by atoms with Gasteiger partial charge in [-0.1, -0.05) is 0 Å². The lowest BCUT2D eigenvalue weighted by Gasteiger charge is -2.27. The summed E-state index contributed by atoms with van der Waals surface area (Å²) in [5, 5.41) is 0. The topological polar surface area (TPSA) is 58.8 Å². The van der Waals surface area contributed by atoms with E-state index < -0.39 is 6.09 Å². The van der Waals surface area contributed by atoms with Crippen LogP contribution in [-0.4, -0.2) is 49.9 Å². The van der Waals surface area contributed by atoms with Crippen molar-refractivity contribution in [2.24, 2.45) is 5.73 Å². The molecule has 5 nitrogen and oxygen atoms in total. The fourth-order valence-corrected chi connectivity index (χ4v) is 3.82. The average Bonchev–Trinajstić information content (AvgIpc) is 2.89. The third-order valence-electron chi connectivity index (χ3n) is 4.15. The summed E-state index contributed by atoms with van der Waals surface area (Å²) in [5.41, 5.74) is 6.67. The third-order valence-corrected chi connectivity index (χ3v) is 5.31. The molecule has 0 unspecified atom stereocenters. The number of ether oxygens (including phenoxy) is 1. The molecule has 2 aliphatic rings. The van der Waals surface area contributed by atoms with E-state index in [1.54, 1.807) is 12.1 Å². The summed E-state index contributed by atoms with van der Waals surface area (Å²) in [4.78, 5) is 15.4. The predicted molar refractivity (Wildman–Crippen MR) is 91.8 cm³/mol. The highest BCUT2D eigenvalue weighted by atomic mass is 32.2. The van der Waals surface area contributed by atoms with Crippen LogP contribution >= 0.6 is 11.8 Å². The van der Waals surface area contributed by atoms with Crippen molar-refractivity contribution in [2.75, 3.05) is 47.5 Å². The normalized spacial score (nSPS) is 22.7. The number of nitrogens with two attached hydrogens (primary N) is 1. The molecule has 1 atom stereocenters. The van der Waals surface area contributed by atoms with Crippen LogP contribution in [0.1, 0.15) is 12.8 Å². The number of thioether (sulfide) groups is 1. The average molecular weight is 339 g/mol. The molecule has 0 bridgehead atoms. The first-order valence-corrected chi connectivity index (χ1v) is 9.15. The van der Waals surface area contributed by atoms with Gasteiger partial charge in [-0.3, -0.25) is 4.90 Å². The number of hydrogen-bond acceptors (Lipinski definition) is 5. The summed E-state index contributed by atoms with van der Waals surface area (Å²) < 4.78 is 19.7. The lowest BCUT2D eigenvalue weighted by molar-refractivity contribution is 0.145. The first kappa shape index (κ1) is 16.4. The summed E-state index contributed by atoms with van der Waals surface area (Å²) in [6.45, 7) is 2.37. The number of cyclic esters (lactones) is 1. The molecule has 0 aliphatic carbocycles. The molecule has 1 aromatic carbocycles. The Morgan fingerprint density at radius 3 is 2.65 bits per heavy atom. The van der Waals surface area contributed by atoms with Crippen molar-refractivity contribution in [3.05, 3.63) is 24.0 Å². The molecule has 0 spiro atoms. The molecule has 2 fully saturated rings. The second-order valence-corrected chi connectivity index (χ2v) is 7.02. The van der Waals surface area contributed by atoms with Crippen molar-refractivity contribution < 1.29 is 13.9 Å². The number of anilines is 2. The minimum absolute atomic E-state index is 0.272. The smallest absolute Gasteiger partial charge is 0.414 e. The van der Waals surface area contributed by atoms with Gasteiger partial charge >= 0.3 is 6.09 Å². The summed E-state index contributed by atoms with van der Waals surface area (Å²) in [7, 11) is 0. The van der Waals surface area contributed by atoms with Gasteiger partial charge in [-0.15, -0.1) is 0 Å². The highest BCUT2D eigenvalue weighted by molar-refractivity contribution is 7.99. The third kappa shape index (κ3) is 3.72. The maximum absolute atomic E-state index is 14.6. The summed E-state index contributed by atoms with van der Waals surface area (Å²) >= 11 is 1.96. The van der Waals surface area contributed by atoms with Gasteiger partial charge < -0.3 is 15.4 Å². The van der Waals surface area contributed by atoms with E-state index >= 15 is 0 Å². The lowest BCUT2D eigenvalue weighted by Crippen LogP contribution is -2.29. The Hall–Kier alpha value is -1.47. The first-order valence-electron chi connectivity index (χ1n) is 7.99. The monoisotopic (exact) mass is 339 g/mol. The van der Waals surface area contributed by atoms with E-state index in [-0.39, 0.29) is 18.5 Å². The molecular formula is C16H22FN3O2S. The van der Waals surface area contributed by atoms with Gasteiger partial charge in [0.15, 0.2) is 0 Å². The number of carbonyl (C=O) groups is 1.